The van der Waals surface area contributed by atoms with Gasteiger partial charge in [0, 0.05) is 36.2 Å². The first kappa shape index (κ1) is 21.4. The van der Waals surface area contributed by atoms with Crippen LogP contribution in [0, 0.1) is 0 Å². The molecule has 0 aliphatic rings. The molecule has 4 rings (SSSR count). The minimum atomic E-state index is -3.59. The van der Waals surface area contributed by atoms with Crippen LogP contribution in [0.5, 0.6) is 0 Å². The smallest absolute Gasteiger partial charge is 0.240 e. The van der Waals surface area contributed by atoms with Crippen LogP contribution >= 0.6 is 15.9 Å². The number of fused-ring (bicyclic) bond motifs is 1. The molecule has 0 aliphatic carbocycles. The van der Waals surface area contributed by atoms with Crippen molar-refractivity contribution < 1.29 is 13.2 Å². The summed E-state index contributed by atoms with van der Waals surface area (Å²) >= 11 is 3.47. The summed E-state index contributed by atoms with van der Waals surface area (Å²) in [5.41, 5.74) is 2.99. The number of methoxy groups -OCH3 is 1. The zero-order valence-electron chi connectivity index (χ0n) is 16.5. The highest BCUT2D eigenvalue weighted by atomic mass is 79.9. The van der Waals surface area contributed by atoms with Crippen LogP contribution < -0.4 is 10.0 Å². The zero-order valence-corrected chi connectivity index (χ0v) is 18.9. The van der Waals surface area contributed by atoms with Gasteiger partial charge < -0.3 is 10.1 Å². The fourth-order valence-corrected chi connectivity index (χ4v) is 4.26. The third-order valence-corrected chi connectivity index (χ3v) is 6.35. The molecule has 31 heavy (non-hydrogen) atoms. The normalized spacial score (nSPS) is 11.7. The molecule has 0 atom stereocenters. The number of nitrogens with one attached hydrogen (secondary N) is 2. The minimum Gasteiger partial charge on any atom is -0.383 e. The Morgan fingerprint density at radius 3 is 2.68 bits per heavy atom. The van der Waals surface area contributed by atoms with Crippen LogP contribution in [0.2, 0.25) is 0 Å². The average Bonchev–Trinajstić information content (AvgIpc) is 3.17. The lowest BCUT2D eigenvalue weighted by molar-refractivity contribution is 0.204. The summed E-state index contributed by atoms with van der Waals surface area (Å²) in [5, 5.41) is 3.10. The van der Waals surface area contributed by atoms with E-state index >= 15 is 0 Å². The lowest BCUT2D eigenvalue weighted by Crippen LogP contribution is -2.27. The SMILES string of the molecule is COCCNS(=O)(=O)c1ccc(Nc2nccc(-c3cnc4ccc(Br)cn34)n2)cc1. The van der Waals surface area contributed by atoms with E-state index in [0.717, 1.165) is 15.8 Å². The van der Waals surface area contributed by atoms with Crippen LogP contribution in [0.25, 0.3) is 17.0 Å². The van der Waals surface area contributed by atoms with E-state index < -0.39 is 10.0 Å². The molecule has 0 fully saturated rings. The minimum absolute atomic E-state index is 0.167. The van der Waals surface area contributed by atoms with Gasteiger partial charge in [-0.05, 0) is 58.4 Å². The number of imidazole rings is 1. The third-order valence-electron chi connectivity index (χ3n) is 4.41. The van der Waals surface area contributed by atoms with Gasteiger partial charge in [0.15, 0.2) is 0 Å². The Kier molecular flexibility index (Phi) is 6.28. The number of nitrogens with zero attached hydrogens (tertiary/aromatic N) is 4. The summed E-state index contributed by atoms with van der Waals surface area (Å²) in [6.07, 6.45) is 5.33. The van der Waals surface area contributed by atoms with Crippen molar-refractivity contribution in [2.45, 2.75) is 4.90 Å². The van der Waals surface area contributed by atoms with Crippen LogP contribution in [-0.4, -0.2) is 48.0 Å². The molecule has 0 spiro atoms. The molecular weight excluding hydrogens is 484 g/mol. The summed E-state index contributed by atoms with van der Waals surface area (Å²) in [6, 6.07) is 12.0. The number of anilines is 2. The standard InChI is InChI=1S/C20H19BrN6O3S/c1-30-11-10-24-31(28,29)16-5-3-15(4-6-16)25-20-22-9-8-17(26-20)18-12-23-19-7-2-14(21)13-27(18)19/h2-9,12-13,24H,10-11H2,1H3,(H,22,25,26). The molecule has 1 aromatic carbocycles. The van der Waals surface area contributed by atoms with Gasteiger partial charge in [0.2, 0.25) is 16.0 Å². The molecule has 0 amide bonds. The highest BCUT2D eigenvalue weighted by Gasteiger charge is 2.13. The zero-order chi connectivity index (χ0) is 21.8. The summed E-state index contributed by atoms with van der Waals surface area (Å²) in [6.45, 7) is 0.509. The van der Waals surface area contributed by atoms with Crippen molar-refractivity contribution in [3.05, 3.63) is 65.5 Å². The predicted molar refractivity (Wildman–Crippen MR) is 121 cm³/mol. The summed E-state index contributed by atoms with van der Waals surface area (Å²) in [5.74, 6) is 0.385. The van der Waals surface area contributed by atoms with Gasteiger partial charge in [-0.25, -0.2) is 28.1 Å². The number of sulfonamides is 1. The van der Waals surface area contributed by atoms with E-state index in [1.54, 1.807) is 30.6 Å². The van der Waals surface area contributed by atoms with Gasteiger partial charge in [0.1, 0.15) is 5.65 Å². The fraction of sp³-hybridized carbons (Fsp3) is 0.150. The van der Waals surface area contributed by atoms with E-state index in [1.807, 2.05) is 22.7 Å². The van der Waals surface area contributed by atoms with Crippen molar-refractivity contribution in [3.8, 4) is 11.4 Å². The molecule has 0 saturated heterocycles. The molecule has 0 unspecified atom stereocenters. The van der Waals surface area contributed by atoms with E-state index in [2.05, 4.69) is 40.9 Å². The van der Waals surface area contributed by atoms with Crippen LogP contribution in [0.1, 0.15) is 0 Å². The van der Waals surface area contributed by atoms with Crippen LogP contribution in [0.4, 0.5) is 11.6 Å². The molecule has 11 heteroatoms. The molecular formula is C20H19BrN6O3S. The van der Waals surface area contributed by atoms with E-state index in [9.17, 15) is 8.42 Å². The maximum absolute atomic E-state index is 12.3. The van der Waals surface area contributed by atoms with E-state index in [1.165, 1.54) is 19.2 Å². The highest BCUT2D eigenvalue weighted by molar-refractivity contribution is 9.10. The Bertz CT molecular complexity index is 1310. The Morgan fingerprint density at radius 1 is 1.10 bits per heavy atom. The molecule has 0 aliphatic heterocycles. The van der Waals surface area contributed by atoms with Crippen molar-refractivity contribution in [2.75, 3.05) is 25.6 Å². The van der Waals surface area contributed by atoms with E-state index in [4.69, 9.17) is 4.74 Å². The van der Waals surface area contributed by atoms with Gasteiger partial charge in [-0.1, -0.05) is 0 Å². The first-order valence-corrected chi connectivity index (χ1v) is 11.6. The van der Waals surface area contributed by atoms with Crippen molar-refractivity contribution in [1.82, 2.24) is 24.1 Å². The second-order valence-electron chi connectivity index (χ2n) is 6.52. The maximum Gasteiger partial charge on any atom is 0.240 e. The number of hydrogen-bond donors (Lipinski definition) is 2. The second kappa shape index (κ2) is 9.10. The van der Waals surface area contributed by atoms with E-state index in [-0.39, 0.29) is 11.4 Å². The Labute approximate surface area is 187 Å². The second-order valence-corrected chi connectivity index (χ2v) is 9.21. The molecule has 4 aromatic rings. The van der Waals surface area contributed by atoms with Crippen molar-refractivity contribution >= 4 is 43.2 Å². The molecule has 2 N–H and O–H groups in total. The number of ether oxygens (including phenoxy) is 1. The average molecular weight is 503 g/mol. The lowest BCUT2D eigenvalue weighted by atomic mass is 10.3. The molecule has 0 bridgehead atoms. The first-order valence-electron chi connectivity index (χ1n) is 9.28. The van der Waals surface area contributed by atoms with Crippen molar-refractivity contribution in [3.63, 3.8) is 0 Å². The van der Waals surface area contributed by atoms with Gasteiger partial charge in [0.05, 0.1) is 29.1 Å². The Morgan fingerprint density at radius 2 is 1.90 bits per heavy atom. The number of halogens is 1. The van der Waals surface area contributed by atoms with Crippen molar-refractivity contribution in [1.29, 1.82) is 0 Å². The Hall–Kier alpha value is -2.86. The molecule has 160 valence electrons. The van der Waals surface area contributed by atoms with Crippen LogP contribution in [0.3, 0.4) is 0 Å². The largest absolute Gasteiger partial charge is 0.383 e. The third kappa shape index (κ3) is 4.90. The molecule has 9 nitrogen and oxygen atoms in total. The number of aromatic nitrogens is 4. The van der Waals surface area contributed by atoms with Gasteiger partial charge in [0.25, 0.3) is 0 Å². The van der Waals surface area contributed by atoms with Crippen LogP contribution in [-0.2, 0) is 14.8 Å². The number of hydrogen-bond acceptors (Lipinski definition) is 7. The molecule has 3 aromatic heterocycles. The maximum atomic E-state index is 12.3. The van der Waals surface area contributed by atoms with Crippen LogP contribution in [0.15, 0.2) is 70.4 Å². The monoisotopic (exact) mass is 502 g/mol. The molecule has 0 saturated carbocycles. The summed E-state index contributed by atoms with van der Waals surface area (Å²) < 4.78 is 34.7. The molecule has 0 radical (unpaired) electrons. The Balaban J connectivity index is 1.53. The van der Waals surface area contributed by atoms with Gasteiger partial charge in [-0.3, -0.25) is 4.40 Å². The van der Waals surface area contributed by atoms with E-state index in [0.29, 0.717) is 23.9 Å². The summed E-state index contributed by atoms with van der Waals surface area (Å²) in [4.78, 5) is 13.4. The summed E-state index contributed by atoms with van der Waals surface area (Å²) in [7, 11) is -2.07. The topological polar surface area (TPSA) is 111 Å². The predicted octanol–water partition coefficient (Wildman–Crippen LogP) is 3.22. The van der Waals surface area contributed by atoms with Gasteiger partial charge in [-0.15, -0.1) is 0 Å². The first-order chi connectivity index (χ1) is 15.0. The van der Waals surface area contributed by atoms with Gasteiger partial charge in [-0.2, -0.15) is 0 Å². The highest BCUT2D eigenvalue weighted by Crippen LogP contribution is 2.23. The quantitative estimate of drug-likeness (QED) is 0.355. The van der Waals surface area contributed by atoms with Gasteiger partial charge >= 0.3 is 0 Å². The number of benzene rings is 1. The number of pyridine rings is 1. The number of rotatable bonds is 8. The fourth-order valence-electron chi connectivity index (χ4n) is 2.91. The van der Waals surface area contributed by atoms with Crippen molar-refractivity contribution in [2.24, 2.45) is 0 Å². The molecule has 3 heterocycles. The lowest BCUT2D eigenvalue weighted by Gasteiger charge is -2.09.